The zero-order valence-electron chi connectivity index (χ0n) is 5.44. The quantitative estimate of drug-likeness (QED) is 0.259. The SMILES string of the molecule is N#C[S-].O=[Se](=O)([O-])O.[Na+].[Na+]. The van der Waals surface area contributed by atoms with Crippen LogP contribution in [0.3, 0.4) is 0 Å². The van der Waals surface area contributed by atoms with Gasteiger partial charge in [0.25, 0.3) is 0 Å². The maximum atomic E-state index is 8.70. The summed E-state index contributed by atoms with van der Waals surface area (Å²) in [6.07, 6.45) is 0. The molecule has 5 nitrogen and oxygen atoms in total. The summed E-state index contributed by atoms with van der Waals surface area (Å²) in [5.74, 6) is 0. The van der Waals surface area contributed by atoms with E-state index in [4.69, 9.17) is 21.3 Å². The van der Waals surface area contributed by atoms with Crippen LogP contribution >= 0.6 is 0 Å². The molecule has 0 saturated carbocycles. The van der Waals surface area contributed by atoms with Crippen molar-refractivity contribution in [3.8, 4) is 5.40 Å². The molecule has 1 N–H and O–H groups in total. The van der Waals surface area contributed by atoms with E-state index in [1.807, 2.05) is 0 Å². The first-order valence-electron chi connectivity index (χ1n) is 1.11. The molecule has 0 aliphatic heterocycles. The standard InChI is InChI=1S/CHNS.2Na.H2O4Se/c2-1-3;;;1-5(2,3)4/h3H;;;(H2,1,2,3,4)/q;2*+1;/p-2. The fourth-order valence-electron chi connectivity index (χ4n) is 0. The normalized spacial score (nSPS) is 6.50. The third-order valence-electron chi connectivity index (χ3n) is 0. The maximum absolute atomic E-state index is 8.70. The molecule has 0 spiro atoms. The molecule has 0 aromatic carbocycles. The molecule has 48 valence electrons. The van der Waals surface area contributed by atoms with Crippen LogP contribution < -0.4 is 63.3 Å². The van der Waals surface area contributed by atoms with E-state index in [0.717, 1.165) is 0 Å². The number of hydrogen-bond donors (Lipinski definition) is 1. The number of nitriles is 1. The molecule has 0 bridgehead atoms. The van der Waals surface area contributed by atoms with Crippen LogP contribution in [0.15, 0.2) is 0 Å². The summed E-state index contributed by atoms with van der Waals surface area (Å²) in [5.41, 5.74) is 0. The second kappa shape index (κ2) is 13.3. The van der Waals surface area contributed by atoms with Gasteiger partial charge in [0, 0.05) is 0 Å². The summed E-state index contributed by atoms with van der Waals surface area (Å²) in [7, 11) is 0. The van der Waals surface area contributed by atoms with Crippen LogP contribution in [0.2, 0.25) is 0 Å². The number of nitrogens with zero attached hydrogens (tertiary/aromatic N) is 1. The van der Waals surface area contributed by atoms with Crippen molar-refractivity contribution in [2.45, 2.75) is 0 Å². The van der Waals surface area contributed by atoms with Crippen molar-refractivity contribution < 1.29 is 75.2 Å². The Balaban J connectivity index is -0.0000000326. The van der Waals surface area contributed by atoms with E-state index >= 15 is 0 Å². The van der Waals surface area contributed by atoms with Crippen molar-refractivity contribution >= 4 is 26.0 Å². The summed E-state index contributed by atoms with van der Waals surface area (Å²) in [6, 6.07) is 0. The molecule has 10 heavy (non-hydrogen) atoms. The summed E-state index contributed by atoms with van der Waals surface area (Å²) in [5, 5.41) is 8.47. The van der Waals surface area contributed by atoms with Crippen LogP contribution in [0, 0.1) is 10.7 Å². The van der Waals surface area contributed by atoms with Crippen LogP contribution in [-0.2, 0) is 20.3 Å². The molecule has 0 aliphatic carbocycles. The van der Waals surface area contributed by atoms with Gasteiger partial charge in [-0.15, -0.1) is 0 Å². The Hall–Kier alpha value is 1.75. The Kier molecular flexibility index (Phi) is 30.2. The smallest absolute Gasteiger partial charge is 1.00 e. The second-order valence-electron chi connectivity index (χ2n) is 0.519. The minimum Gasteiger partial charge on any atom is 1.00 e. The molecule has 0 aliphatic rings. The monoisotopic (exact) mass is 249 g/mol. The van der Waals surface area contributed by atoms with Gasteiger partial charge >= 0.3 is 88.5 Å². The number of thiocyanates is 1. The summed E-state index contributed by atoms with van der Waals surface area (Å²) in [6.45, 7) is 0. The minimum atomic E-state index is -5.50. The predicted molar refractivity (Wildman–Crippen MR) is 22.3 cm³/mol. The Labute approximate surface area is 110 Å². The third-order valence-corrected chi connectivity index (χ3v) is 0. The van der Waals surface area contributed by atoms with E-state index in [9.17, 15) is 0 Å². The van der Waals surface area contributed by atoms with E-state index in [0.29, 0.717) is 0 Å². The van der Waals surface area contributed by atoms with Gasteiger partial charge in [-0.3, -0.25) is 0 Å². The Morgan fingerprint density at radius 3 is 1.50 bits per heavy atom. The molecule has 0 fully saturated rings. The second-order valence-corrected chi connectivity index (χ2v) is 2.50. The van der Waals surface area contributed by atoms with Gasteiger partial charge in [-0.1, -0.05) is 5.40 Å². The molecular weight excluding hydrogens is 247 g/mol. The molecule has 0 aromatic heterocycles. The fourth-order valence-corrected chi connectivity index (χ4v) is 0. The average molecular weight is 248 g/mol. The Bertz CT molecular complexity index is 164. The van der Waals surface area contributed by atoms with Gasteiger partial charge in [0.15, 0.2) is 0 Å². The third kappa shape index (κ3) is 244. The maximum Gasteiger partial charge on any atom is 1.00 e. The van der Waals surface area contributed by atoms with E-state index in [1.165, 1.54) is 5.40 Å². The van der Waals surface area contributed by atoms with Gasteiger partial charge in [0.2, 0.25) is 0 Å². The van der Waals surface area contributed by atoms with Crippen molar-refractivity contribution in [3.63, 3.8) is 0 Å². The van der Waals surface area contributed by atoms with Gasteiger partial charge in [-0.05, 0) is 0 Å². The summed E-state index contributed by atoms with van der Waals surface area (Å²) in [4.78, 5) is 0. The number of hydrogen-bond acceptors (Lipinski definition) is 5. The fraction of sp³-hybridized carbons (Fsp3) is 0. The van der Waals surface area contributed by atoms with Gasteiger partial charge in [0.1, 0.15) is 0 Å². The molecular formula is CHNNa2O4SSe. The average Bonchev–Trinajstić information content (AvgIpc) is 1.27. The van der Waals surface area contributed by atoms with Gasteiger partial charge in [-0.2, -0.15) is 0 Å². The molecule has 0 rings (SSSR count). The largest absolute Gasteiger partial charge is 1.00 e. The van der Waals surface area contributed by atoms with Crippen molar-refractivity contribution in [2.75, 3.05) is 0 Å². The molecule has 0 atom stereocenters. The molecule has 9 heteroatoms. The first-order chi connectivity index (χ1) is 3.41. The van der Waals surface area contributed by atoms with Crippen molar-refractivity contribution in [1.29, 1.82) is 5.26 Å². The Morgan fingerprint density at radius 1 is 1.50 bits per heavy atom. The molecule has 0 amide bonds. The van der Waals surface area contributed by atoms with Crippen LogP contribution in [0.4, 0.5) is 0 Å². The van der Waals surface area contributed by atoms with Gasteiger partial charge < -0.3 is 12.6 Å². The van der Waals surface area contributed by atoms with Crippen LogP contribution in [0.1, 0.15) is 0 Å². The molecule has 0 aromatic rings. The van der Waals surface area contributed by atoms with Crippen molar-refractivity contribution in [3.05, 3.63) is 0 Å². The summed E-state index contributed by atoms with van der Waals surface area (Å²) >= 11 is -1.80. The van der Waals surface area contributed by atoms with Crippen LogP contribution in [0.5, 0.6) is 0 Å². The van der Waals surface area contributed by atoms with E-state index in [-0.39, 0.29) is 59.1 Å². The molecule has 0 saturated heterocycles. The topological polar surface area (TPSA) is 101 Å². The van der Waals surface area contributed by atoms with Crippen molar-refractivity contribution in [1.82, 2.24) is 0 Å². The minimum absolute atomic E-state index is 0. The van der Waals surface area contributed by atoms with Crippen molar-refractivity contribution in [2.24, 2.45) is 0 Å². The Morgan fingerprint density at radius 2 is 1.50 bits per heavy atom. The van der Waals surface area contributed by atoms with Crippen LogP contribution in [-0.4, -0.2) is 17.6 Å². The van der Waals surface area contributed by atoms with E-state index < -0.39 is 13.4 Å². The number of rotatable bonds is 0. The first kappa shape index (κ1) is 22.6. The zero-order chi connectivity index (χ0) is 7.21. The van der Waals surface area contributed by atoms with Crippen LogP contribution in [0.25, 0.3) is 0 Å². The molecule has 0 unspecified atom stereocenters. The van der Waals surface area contributed by atoms with Gasteiger partial charge in [-0.25, -0.2) is 5.26 Å². The van der Waals surface area contributed by atoms with E-state index in [2.05, 4.69) is 12.6 Å². The van der Waals surface area contributed by atoms with Gasteiger partial charge in [0.05, 0.1) is 0 Å². The van der Waals surface area contributed by atoms with E-state index in [1.54, 1.807) is 0 Å². The molecule has 0 heterocycles. The first-order valence-corrected chi connectivity index (χ1v) is 4.38. The summed E-state index contributed by atoms with van der Waals surface area (Å²) < 4.78 is 33.1. The predicted octanol–water partition coefficient (Wildman–Crippen LogP) is -8.34. The zero-order valence-corrected chi connectivity index (χ0v) is 12.0. The molecule has 0 radical (unpaired) electrons.